The summed E-state index contributed by atoms with van der Waals surface area (Å²) >= 11 is 5.78. The van der Waals surface area contributed by atoms with Gasteiger partial charge in [-0.1, -0.05) is 57.0 Å². The van der Waals surface area contributed by atoms with E-state index in [9.17, 15) is 9.59 Å². The molecule has 0 aliphatic rings. The van der Waals surface area contributed by atoms with E-state index in [-0.39, 0.29) is 11.9 Å². The number of unbranched alkanes of at least 4 members (excludes halogenated alkanes) is 7. The molecule has 0 heterocycles. The first kappa shape index (κ1) is 22.5. The van der Waals surface area contributed by atoms with Gasteiger partial charge >= 0.3 is 11.9 Å². The average molecular weight is 383 g/mol. The van der Waals surface area contributed by atoms with Gasteiger partial charge < -0.3 is 9.47 Å². The van der Waals surface area contributed by atoms with E-state index < -0.39 is 0 Å². The van der Waals surface area contributed by atoms with Gasteiger partial charge in [0.05, 0.1) is 6.61 Å². The lowest BCUT2D eigenvalue weighted by Crippen LogP contribution is -2.08. The Morgan fingerprint density at radius 3 is 2.08 bits per heavy atom. The summed E-state index contributed by atoms with van der Waals surface area (Å²) in [7, 11) is 0. The normalized spacial score (nSPS) is 10.5. The number of carbonyl (C=O) groups is 2. The van der Waals surface area contributed by atoms with E-state index in [1.165, 1.54) is 25.7 Å². The van der Waals surface area contributed by atoms with Gasteiger partial charge in [-0.25, -0.2) is 0 Å². The Morgan fingerprint density at radius 1 is 0.808 bits per heavy atom. The minimum Gasteiger partial charge on any atom is -0.466 e. The molecule has 5 heteroatoms. The van der Waals surface area contributed by atoms with Gasteiger partial charge in [-0.3, -0.25) is 9.59 Å². The predicted octanol–water partition coefficient (Wildman–Crippen LogP) is 6.10. The van der Waals surface area contributed by atoms with Crippen molar-refractivity contribution in [1.29, 1.82) is 0 Å². The van der Waals surface area contributed by atoms with Crippen molar-refractivity contribution in [2.45, 2.75) is 77.6 Å². The van der Waals surface area contributed by atoms with E-state index in [1.807, 2.05) is 0 Å². The molecular formula is C21H31ClO4. The highest BCUT2D eigenvalue weighted by atomic mass is 35.5. The first-order valence-electron chi connectivity index (χ1n) is 9.73. The molecule has 146 valence electrons. The first-order chi connectivity index (χ1) is 12.6. The van der Waals surface area contributed by atoms with Crippen LogP contribution in [0, 0.1) is 0 Å². The second-order valence-electron chi connectivity index (χ2n) is 6.48. The van der Waals surface area contributed by atoms with Crippen LogP contribution in [-0.2, 0) is 14.3 Å². The highest BCUT2D eigenvalue weighted by molar-refractivity contribution is 6.30. The van der Waals surface area contributed by atoms with Crippen molar-refractivity contribution in [1.82, 2.24) is 0 Å². The van der Waals surface area contributed by atoms with E-state index in [0.717, 1.165) is 25.7 Å². The Bertz CT molecular complexity index is 513. The van der Waals surface area contributed by atoms with Gasteiger partial charge in [0.15, 0.2) is 0 Å². The van der Waals surface area contributed by atoms with Crippen LogP contribution in [0.3, 0.4) is 0 Å². The summed E-state index contributed by atoms with van der Waals surface area (Å²) in [6.07, 6.45) is 10.1. The molecular weight excluding hydrogens is 352 g/mol. The lowest BCUT2D eigenvalue weighted by atomic mass is 10.1. The van der Waals surface area contributed by atoms with Gasteiger partial charge in [-0.2, -0.15) is 0 Å². The van der Waals surface area contributed by atoms with Crippen LogP contribution in [0.4, 0.5) is 0 Å². The zero-order chi connectivity index (χ0) is 19.0. The number of halogens is 1. The minimum absolute atomic E-state index is 0.137. The predicted molar refractivity (Wildman–Crippen MR) is 105 cm³/mol. The Balaban J connectivity index is 1.95. The third-order valence-corrected chi connectivity index (χ3v) is 4.32. The molecule has 0 aromatic heterocycles. The molecule has 26 heavy (non-hydrogen) atoms. The van der Waals surface area contributed by atoms with E-state index in [1.54, 1.807) is 24.3 Å². The fourth-order valence-electron chi connectivity index (χ4n) is 2.54. The molecule has 0 N–H and O–H groups in total. The molecule has 0 radical (unpaired) electrons. The lowest BCUT2D eigenvalue weighted by Gasteiger charge is -2.06. The van der Waals surface area contributed by atoms with Crippen LogP contribution in [0.25, 0.3) is 0 Å². The summed E-state index contributed by atoms with van der Waals surface area (Å²) < 4.78 is 10.4. The Hall–Kier alpha value is -1.55. The van der Waals surface area contributed by atoms with Crippen molar-refractivity contribution < 1.29 is 19.1 Å². The van der Waals surface area contributed by atoms with E-state index >= 15 is 0 Å². The fraction of sp³-hybridized carbons (Fsp3) is 0.619. The third kappa shape index (κ3) is 11.9. The number of benzene rings is 1. The highest BCUT2D eigenvalue weighted by Gasteiger charge is 2.06. The summed E-state index contributed by atoms with van der Waals surface area (Å²) in [4.78, 5) is 23.3. The Kier molecular flexibility index (Phi) is 12.6. The van der Waals surface area contributed by atoms with Gasteiger partial charge in [0, 0.05) is 17.9 Å². The molecule has 0 saturated heterocycles. The van der Waals surface area contributed by atoms with Crippen LogP contribution >= 0.6 is 11.6 Å². The average Bonchev–Trinajstić information content (AvgIpc) is 2.62. The maximum Gasteiger partial charge on any atom is 0.311 e. The molecule has 0 atom stereocenters. The summed E-state index contributed by atoms with van der Waals surface area (Å²) in [6.45, 7) is 2.72. The number of rotatable bonds is 14. The second-order valence-corrected chi connectivity index (χ2v) is 6.91. The van der Waals surface area contributed by atoms with Crippen molar-refractivity contribution in [2.75, 3.05) is 6.61 Å². The summed E-state index contributed by atoms with van der Waals surface area (Å²) in [5.41, 5.74) is 0. The highest BCUT2D eigenvalue weighted by Crippen LogP contribution is 2.16. The monoisotopic (exact) mass is 382 g/mol. The maximum absolute atomic E-state index is 11.7. The minimum atomic E-state index is -0.266. The smallest absolute Gasteiger partial charge is 0.311 e. The molecule has 0 unspecified atom stereocenters. The topological polar surface area (TPSA) is 52.6 Å². The molecule has 1 aromatic carbocycles. The molecule has 4 nitrogen and oxygen atoms in total. The van der Waals surface area contributed by atoms with E-state index in [4.69, 9.17) is 21.1 Å². The van der Waals surface area contributed by atoms with Crippen LogP contribution in [0.15, 0.2) is 24.3 Å². The molecule has 0 aliphatic carbocycles. The second kappa shape index (κ2) is 14.6. The summed E-state index contributed by atoms with van der Waals surface area (Å²) in [6, 6.07) is 6.70. The number of hydrogen-bond donors (Lipinski definition) is 0. The molecule has 0 amide bonds. The zero-order valence-corrected chi connectivity index (χ0v) is 16.6. The van der Waals surface area contributed by atoms with Crippen LogP contribution in [-0.4, -0.2) is 18.5 Å². The van der Waals surface area contributed by atoms with Crippen LogP contribution in [0.2, 0.25) is 5.02 Å². The van der Waals surface area contributed by atoms with Crippen molar-refractivity contribution >= 4 is 23.5 Å². The maximum atomic E-state index is 11.7. The van der Waals surface area contributed by atoms with E-state index in [2.05, 4.69) is 6.92 Å². The van der Waals surface area contributed by atoms with Gasteiger partial charge in [0.25, 0.3) is 0 Å². The SMILES string of the molecule is CCCCCCCCOC(=O)CCCCCC(=O)Oc1ccc(Cl)cc1. The third-order valence-electron chi connectivity index (χ3n) is 4.07. The first-order valence-corrected chi connectivity index (χ1v) is 10.1. The zero-order valence-electron chi connectivity index (χ0n) is 15.8. The summed E-state index contributed by atoms with van der Waals surface area (Å²) in [5.74, 6) is 0.0953. The molecule has 0 aliphatic heterocycles. The number of esters is 2. The van der Waals surface area contributed by atoms with Crippen LogP contribution < -0.4 is 4.74 Å². The van der Waals surface area contributed by atoms with E-state index in [0.29, 0.717) is 36.6 Å². The van der Waals surface area contributed by atoms with Gasteiger partial charge in [0.1, 0.15) is 5.75 Å². The fourth-order valence-corrected chi connectivity index (χ4v) is 2.67. The number of carbonyl (C=O) groups excluding carboxylic acids is 2. The molecule has 1 rings (SSSR count). The number of ether oxygens (including phenoxy) is 2. The van der Waals surface area contributed by atoms with Gasteiger partial charge in [0.2, 0.25) is 0 Å². The van der Waals surface area contributed by atoms with Crippen molar-refractivity contribution in [3.05, 3.63) is 29.3 Å². The molecule has 0 fully saturated rings. The van der Waals surface area contributed by atoms with Gasteiger partial charge in [-0.15, -0.1) is 0 Å². The Morgan fingerprint density at radius 2 is 1.38 bits per heavy atom. The quantitative estimate of drug-likeness (QED) is 0.221. The van der Waals surface area contributed by atoms with Gasteiger partial charge in [-0.05, 0) is 43.5 Å². The molecule has 0 bridgehead atoms. The van der Waals surface area contributed by atoms with Crippen molar-refractivity contribution in [3.63, 3.8) is 0 Å². The molecule has 0 spiro atoms. The van der Waals surface area contributed by atoms with Crippen molar-refractivity contribution in [2.24, 2.45) is 0 Å². The Labute approximate surface area is 162 Å². The molecule has 1 aromatic rings. The largest absolute Gasteiger partial charge is 0.466 e. The van der Waals surface area contributed by atoms with Crippen LogP contribution in [0.5, 0.6) is 5.75 Å². The van der Waals surface area contributed by atoms with Crippen molar-refractivity contribution in [3.8, 4) is 5.75 Å². The molecule has 0 saturated carbocycles. The standard InChI is InChI=1S/C21H31ClO4/c1-2-3-4-5-6-10-17-25-20(23)11-8-7-9-12-21(24)26-19-15-13-18(22)14-16-19/h13-16H,2-12,17H2,1H3. The lowest BCUT2D eigenvalue weighted by molar-refractivity contribution is -0.143. The summed E-state index contributed by atoms with van der Waals surface area (Å²) in [5, 5.41) is 0.605. The van der Waals surface area contributed by atoms with Crippen LogP contribution in [0.1, 0.15) is 77.6 Å². The number of hydrogen-bond acceptors (Lipinski definition) is 4.